The molecule has 0 aliphatic carbocycles. The van der Waals surface area contributed by atoms with Crippen LogP contribution in [0.4, 0.5) is 16.3 Å². The molecule has 1 aromatic carbocycles. The van der Waals surface area contributed by atoms with Gasteiger partial charge in [-0.3, -0.25) is 5.32 Å². The molecule has 0 fully saturated rings. The van der Waals surface area contributed by atoms with Crippen LogP contribution in [0.25, 0.3) is 0 Å². The van der Waals surface area contributed by atoms with E-state index in [9.17, 15) is 4.79 Å². The molecular formula is C12H10ClN3O3. The summed E-state index contributed by atoms with van der Waals surface area (Å²) in [6, 6.07) is 7.88. The average molecular weight is 280 g/mol. The van der Waals surface area contributed by atoms with Gasteiger partial charge < -0.3 is 15.6 Å². The predicted molar refractivity (Wildman–Crippen MR) is 71.8 cm³/mol. The molecule has 0 spiro atoms. The summed E-state index contributed by atoms with van der Waals surface area (Å²) in [4.78, 5) is 14.5. The molecular weight excluding hydrogens is 270 g/mol. The van der Waals surface area contributed by atoms with Crippen molar-refractivity contribution in [3.05, 3.63) is 41.6 Å². The largest absolute Gasteiger partial charge is 0.465 e. The molecule has 19 heavy (non-hydrogen) atoms. The third-order valence-corrected chi connectivity index (χ3v) is 2.50. The van der Waals surface area contributed by atoms with E-state index in [2.05, 4.69) is 10.3 Å². The first kappa shape index (κ1) is 13.0. The Morgan fingerprint density at radius 3 is 2.68 bits per heavy atom. The van der Waals surface area contributed by atoms with Crippen molar-refractivity contribution >= 4 is 29.2 Å². The summed E-state index contributed by atoms with van der Waals surface area (Å²) < 4.78 is 5.50. The second-order valence-electron chi connectivity index (χ2n) is 3.59. The number of hydrogen-bond donors (Lipinski definition) is 3. The Kier molecular flexibility index (Phi) is 3.72. The molecule has 0 saturated heterocycles. The number of benzene rings is 1. The average Bonchev–Trinajstić information content (AvgIpc) is 2.36. The molecule has 0 atom stereocenters. The molecule has 0 saturated carbocycles. The van der Waals surface area contributed by atoms with Crippen molar-refractivity contribution in [3.8, 4) is 11.5 Å². The van der Waals surface area contributed by atoms with E-state index >= 15 is 0 Å². The van der Waals surface area contributed by atoms with Crippen LogP contribution in [0.2, 0.25) is 5.02 Å². The Hall–Kier alpha value is -2.47. The Balaban J connectivity index is 2.21. The molecule has 6 nitrogen and oxygen atoms in total. The second kappa shape index (κ2) is 5.45. The second-order valence-corrected chi connectivity index (χ2v) is 4.00. The van der Waals surface area contributed by atoms with Gasteiger partial charge in [-0.25, -0.2) is 9.78 Å². The first-order chi connectivity index (χ1) is 9.04. The van der Waals surface area contributed by atoms with Gasteiger partial charge in [-0.1, -0.05) is 11.6 Å². The van der Waals surface area contributed by atoms with E-state index in [0.717, 1.165) is 0 Å². The first-order valence-corrected chi connectivity index (χ1v) is 5.61. The lowest BCUT2D eigenvalue weighted by Crippen LogP contribution is -2.07. The zero-order valence-corrected chi connectivity index (χ0v) is 10.4. The van der Waals surface area contributed by atoms with Crippen molar-refractivity contribution in [1.82, 2.24) is 4.98 Å². The maximum Gasteiger partial charge on any atom is 0.409 e. The molecule has 4 N–H and O–H groups in total. The molecule has 1 amide bonds. The Morgan fingerprint density at radius 2 is 2.05 bits per heavy atom. The highest BCUT2D eigenvalue weighted by molar-refractivity contribution is 6.33. The molecule has 2 rings (SSSR count). The summed E-state index contributed by atoms with van der Waals surface area (Å²) in [5.41, 5.74) is 5.70. The van der Waals surface area contributed by atoms with E-state index < -0.39 is 6.09 Å². The van der Waals surface area contributed by atoms with E-state index in [-0.39, 0.29) is 10.7 Å². The van der Waals surface area contributed by atoms with Crippen LogP contribution in [0.3, 0.4) is 0 Å². The van der Waals surface area contributed by atoms with Gasteiger partial charge in [-0.05, 0) is 24.3 Å². The quantitative estimate of drug-likeness (QED) is 0.801. The maximum atomic E-state index is 10.6. The SMILES string of the molecule is Nc1ccc(Oc2ccc(Cl)c(NC(=O)O)c2)cn1. The number of nitrogens with two attached hydrogens (primary N) is 1. The van der Waals surface area contributed by atoms with Gasteiger partial charge in [0.1, 0.15) is 17.3 Å². The van der Waals surface area contributed by atoms with E-state index in [1.54, 1.807) is 18.2 Å². The van der Waals surface area contributed by atoms with Crippen molar-refractivity contribution < 1.29 is 14.6 Å². The number of amides is 1. The Labute approximate surface area is 113 Å². The van der Waals surface area contributed by atoms with Crippen LogP contribution in [0, 0.1) is 0 Å². The van der Waals surface area contributed by atoms with Gasteiger partial charge in [0, 0.05) is 6.07 Å². The lowest BCUT2D eigenvalue weighted by atomic mass is 10.3. The number of rotatable bonds is 3. The number of nitrogens with one attached hydrogen (secondary N) is 1. The number of anilines is 2. The fourth-order valence-electron chi connectivity index (χ4n) is 1.37. The Bertz CT molecular complexity index is 602. The van der Waals surface area contributed by atoms with Crippen LogP contribution in [0.1, 0.15) is 0 Å². The number of carbonyl (C=O) groups is 1. The summed E-state index contributed by atoms with van der Waals surface area (Å²) in [5.74, 6) is 1.30. The number of carboxylic acid groups (broad SMARTS) is 1. The zero-order chi connectivity index (χ0) is 13.8. The topological polar surface area (TPSA) is 97.5 Å². The fraction of sp³-hybridized carbons (Fsp3) is 0. The van der Waals surface area contributed by atoms with Crippen molar-refractivity contribution in [2.24, 2.45) is 0 Å². The van der Waals surface area contributed by atoms with Gasteiger partial charge in [-0.2, -0.15) is 0 Å². The molecule has 0 unspecified atom stereocenters. The molecule has 0 aliphatic heterocycles. The number of nitrogen functional groups attached to an aromatic ring is 1. The van der Waals surface area contributed by atoms with Gasteiger partial charge in [0.15, 0.2) is 0 Å². The van der Waals surface area contributed by atoms with Gasteiger partial charge in [0.2, 0.25) is 0 Å². The van der Waals surface area contributed by atoms with E-state index in [0.29, 0.717) is 17.3 Å². The van der Waals surface area contributed by atoms with Crippen molar-refractivity contribution in [2.45, 2.75) is 0 Å². The van der Waals surface area contributed by atoms with Crippen LogP contribution >= 0.6 is 11.6 Å². The lowest BCUT2D eigenvalue weighted by Gasteiger charge is -2.09. The smallest absolute Gasteiger partial charge is 0.409 e. The molecule has 0 radical (unpaired) electrons. The van der Waals surface area contributed by atoms with Crippen LogP contribution in [-0.2, 0) is 0 Å². The molecule has 0 bridgehead atoms. The zero-order valence-electron chi connectivity index (χ0n) is 9.63. The van der Waals surface area contributed by atoms with Crippen LogP contribution in [-0.4, -0.2) is 16.2 Å². The van der Waals surface area contributed by atoms with Gasteiger partial charge in [0.05, 0.1) is 16.9 Å². The third kappa shape index (κ3) is 3.49. The van der Waals surface area contributed by atoms with Gasteiger partial charge in [0.25, 0.3) is 0 Å². The van der Waals surface area contributed by atoms with Gasteiger partial charge >= 0.3 is 6.09 Å². The predicted octanol–water partition coefficient (Wildman–Crippen LogP) is 3.20. The molecule has 98 valence electrons. The summed E-state index contributed by atoms with van der Waals surface area (Å²) in [6.45, 7) is 0. The summed E-state index contributed by atoms with van der Waals surface area (Å²) in [5, 5.41) is 11.1. The highest BCUT2D eigenvalue weighted by atomic mass is 35.5. The van der Waals surface area contributed by atoms with E-state index in [1.165, 1.54) is 18.3 Å². The lowest BCUT2D eigenvalue weighted by molar-refractivity contribution is 0.210. The van der Waals surface area contributed by atoms with Crippen molar-refractivity contribution in [1.29, 1.82) is 0 Å². The summed E-state index contributed by atoms with van der Waals surface area (Å²) in [6.07, 6.45) is 0.266. The van der Waals surface area contributed by atoms with Crippen molar-refractivity contribution in [3.63, 3.8) is 0 Å². The fourth-order valence-corrected chi connectivity index (χ4v) is 1.53. The van der Waals surface area contributed by atoms with Crippen LogP contribution < -0.4 is 15.8 Å². The van der Waals surface area contributed by atoms with E-state index in [1.807, 2.05) is 0 Å². The number of nitrogens with zero attached hydrogens (tertiary/aromatic N) is 1. The normalized spacial score (nSPS) is 9.95. The van der Waals surface area contributed by atoms with E-state index in [4.69, 9.17) is 27.2 Å². The molecule has 2 aromatic rings. The van der Waals surface area contributed by atoms with Crippen LogP contribution in [0.15, 0.2) is 36.5 Å². The highest BCUT2D eigenvalue weighted by Crippen LogP contribution is 2.29. The minimum Gasteiger partial charge on any atom is -0.465 e. The van der Waals surface area contributed by atoms with Gasteiger partial charge in [-0.15, -0.1) is 0 Å². The van der Waals surface area contributed by atoms with Crippen molar-refractivity contribution in [2.75, 3.05) is 11.1 Å². The number of pyridine rings is 1. The third-order valence-electron chi connectivity index (χ3n) is 2.17. The minimum atomic E-state index is -1.20. The number of ether oxygens (including phenoxy) is 1. The number of aromatic nitrogens is 1. The Morgan fingerprint density at radius 1 is 1.32 bits per heavy atom. The number of hydrogen-bond acceptors (Lipinski definition) is 4. The standard InChI is InChI=1S/C12H10ClN3O3/c13-9-3-1-7(5-10(9)16-12(17)18)19-8-2-4-11(14)15-6-8/h1-6,16H,(H2,14,15)(H,17,18). The number of halogens is 1. The molecule has 7 heteroatoms. The highest BCUT2D eigenvalue weighted by Gasteiger charge is 2.06. The minimum absolute atomic E-state index is 0.245. The van der Waals surface area contributed by atoms with Crippen LogP contribution in [0.5, 0.6) is 11.5 Å². The summed E-state index contributed by atoms with van der Waals surface area (Å²) in [7, 11) is 0. The monoisotopic (exact) mass is 279 g/mol. The maximum absolute atomic E-state index is 10.6. The molecule has 0 aliphatic rings. The molecule has 1 aromatic heterocycles. The first-order valence-electron chi connectivity index (χ1n) is 5.23. The molecule has 1 heterocycles. The summed E-state index contributed by atoms with van der Waals surface area (Å²) >= 11 is 5.85.